The van der Waals surface area contributed by atoms with Gasteiger partial charge < -0.3 is 10.6 Å². The van der Waals surface area contributed by atoms with E-state index in [1.807, 2.05) is 18.5 Å². The first kappa shape index (κ1) is 14.7. The fourth-order valence-corrected chi connectivity index (χ4v) is 3.51. The van der Waals surface area contributed by atoms with Crippen LogP contribution in [0.15, 0.2) is 18.5 Å². The summed E-state index contributed by atoms with van der Waals surface area (Å²) in [5.41, 5.74) is 6.65. The van der Waals surface area contributed by atoms with Crippen molar-refractivity contribution >= 4 is 5.95 Å². The second kappa shape index (κ2) is 6.71. The lowest BCUT2D eigenvalue weighted by Gasteiger charge is -2.38. The quantitative estimate of drug-likeness (QED) is 0.913. The Labute approximate surface area is 127 Å². The highest BCUT2D eigenvalue weighted by molar-refractivity contribution is 5.29. The highest BCUT2D eigenvalue weighted by Gasteiger charge is 2.28. The van der Waals surface area contributed by atoms with Crippen LogP contribution >= 0.6 is 0 Å². The lowest BCUT2D eigenvalue weighted by molar-refractivity contribution is 0.200. The summed E-state index contributed by atoms with van der Waals surface area (Å²) in [5.74, 6) is 0.861. The van der Waals surface area contributed by atoms with Crippen molar-refractivity contribution in [3.8, 4) is 0 Å². The van der Waals surface area contributed by atoms with E-state index >= 15 is 0 Å². The van der Waals surface area contributed by atoms with E-state index in [0.29, 0.717) is 0 Å². The van der Waals surface area contributed by atoms with Gasteiger partial charge in [-0.25, -0.2) is 9.97 Å². The van der Waals surface area contributed by atoms with Gasteiger partial charge >= 0.3 is 0 Å². The Kier molecular flexibility index (Phi) is 4.70. The topological polar surface area (TPSA) is 58.3 Å². The number of aromatic nitrogens is 2. The number of piperazine rings is 1. The maximum atomic E-state index is 6.54. The predicted octanol–water partition coefficient (Wildman–Crippen LogP) is 1.65. The first-order chi connectivity index (χ1) is 10.3. The van der Waals surface area contributed by atoms with E-state index in [1.165, 1.54) is 32.1 Å². The number of hydrogen-bond acceptors (Lipinski definition) is 5. The fourth-order valence-electron chi connectivity index (χ4n) is 3.51. The summed E-state index contributed by atoms with van der Waals surface area (Å²) in [6.07, 6.45) is 11.2. The van der Waals surface area contributed by atoms with Gasteiger partial charge in [-0.3, -0.25) is 4.90 Å². The summed E-state index contributed by atoms with van der Waals surface area (Å²) in [7, 11) is 0. The summed E-state index contributed by atoms with van der Waals surface area (Å²) in [4.78, 5) is 13.5. The van der Waals surface area contributed by atoms with E-state index in [1.54, 1.807) is 0 Å². The minimum absolute atomic E-state index is 0.109. The van der Waals surface area contributed by atoms with Crippen LogP contribution in [0.2, 0.25) is 0 Å². The van der Waals surface area contributed by atoms with Gasteiger partial charge in [0.25, 0.3) is 0 Å². The minimum Gasteiger partial charge on any atom is -0.338 e. The minimum atomic E-state index is 0.109. The van der Waals surface area contributed by atoms with Crippen LogP contribution in [0.4, 0.5) is 5.95 Å². The molecule has 1 aliphatic heterocycles. The zero-order valence-corrected chi connectivity index (χ0v) is 12.9. The molecule has 1 aliphatic carbocycles. The van der Waals surface area contributed by atoms with Gasteiger partial charge in [-0.1, -0.05) is 19.3 Å². The molecule has 0 bridgehead atoms. The van der Waals surface area contributed by atoms with Crippen LogP contribution < -0.4 is 10.6 Å². The molecule has 1 saturated carbocycles. The van der Waals surface area contributed by atoms with Gasteiger partial charge in [0.1, 0.15) is 0 Å². The molecule has 1 aromatic rings. The first-order valence-corrected chi connectivity index (χ1v) is 8.28. The largest absolute Gasteiger partial charge is 0.338 e. The van der Waals surface area contributed by atoms with Gasteiger partial charge in [0.15, 0.2) is 0 Å². The van der Waals surface area contributed by atoms with Gasteiger partial charge in [0.2, 0.25) is 5.95 Å². The molecular weight excluding hydrogens is 262 g/mol. The predicted molar refractivity (Wildman–Crippen MR) is 85.3 cm³/mol. The maximum Gasteiger partial charge on any atom is 0.225 e. The van der Waals surface area contributed by atoms with Crippen LogP contribution in [-0.4, -0.2) is 53.1 Å². The van der Waals surface area contributed by atoms with Crippen LogP contribution in [-0.2, 0) is 0 Å². The average Bonchev–Trinajstić information content (AvgIpc) is 2.55. The second-order valence-corrected chi connectivity index (χ2v) is 6.55. The molecule has 21 heavy (non-hydrogen) atoms. The standard InChI is InChI=1S/C16H27N5/c17-16(5-2-1-3-6-16)7-10-20-11-13-21(14-12-20)15-18-8-4-9-19-15/h4,8-9H,1-3,5-7,10-14,17H2. The molecule has 0 spiro atoms. The summed E-state index contributed by atoms with van der Waals surface area (Å²) in [6, 6.07) is 1.87. The van der Waals surface area contributed by atoms with E-state index in [2.05, 4.69) is 19.8 Å². The van der Waals surface area contributed by atoms with Crippen molar-refractivity contribution in [2.75, 3.05) is 37.6 Å². The Morgan fingerprint density at radius 2 is 1.67 bits per heavy atom. The molecule has 5 nitrogen and oxygen atoms in total. The van der Waals surface area contributed by atoms with E-state index in [9.17, 15) is 0 Å². The first-order valence-electron chi connectivity index (χ1n) is 8.28. The van der Waals surface area contributed by atoms with Gasteiger partial charge in [-0.2, -0.15) is 0 Å². The average molecular weight is 289 g/mol. The molecule has 3 rings (SSSR count). The molecule has 0 radical (unpaired) electrons. The summed E-state index contributed by atoms with van der Waals surface area (Å²) >= 11 is 0. The number of nitrogens with zero attached hydrogens (tertiary/aromatic N) is 4. The number of anilines is 1. The van der Waals surface area contributed by atoms with Crippen LogP contribution in [0.1, 0.15) is 38.5 Å². The zero-order chi connectivity index (χ0) is 14.5. The molecule has 1 saturated heterocycles. The van der Waals surface area contributed by atoms with E-state index < -0.39 is 0 Å². The maximum absolute atomic E-state index is 6.54. The number of rotatable bonds is 4. The van der Waals surface area contributed by atoms with Crippen molar-refractivity contribution in [1.29, 1.82) is 0 Å². The van der Waals surface area contributed by atoms with Crippen LogP contribution in [0.5, 0.6) is 0 Å². The number of nitrogens with two attached hydrogens (primary N) is 1. The molecule has 0 unspecified atom stereocenters. The van der Waals surface area contributed by atoms with E-state index in [-0.39, 0.29) is 5.54 Å². The lowest BCUT2D eigenvalue weighted by atomic mass is 9.80. The van der Waals surface area contributed by atoms with Gasteiger partial charge in [-0.15, -0.1) is 0 Å². The van der Waals surface area contributed by atoms with Gasteiger partial charge in [-0.05, 0) is 25.3 Å². The van der Waals surface area contributed by atoms with Gasteiger partial charge in [0, 0.05) is 50.7 Å². The van der Waals surface area contributed by atoms with Crippen molar-refractivity contribution < 1.29 is 0 Å². The van der Waals surface area contributed by atoms with Crippen molar-refractivity contribution in [3.63, 3.8) is 0 Å². The third kappa shape index (κ3) is 3.92. The summed E-state index contributed by atoms with van der Waals surface area (Å²) in [5, 5.41) is 0. The Bertz CT molecular complexity index is 422. The SMILES string of the molecule is NC1(CCN2CCN(c3ncccn3)CC2)CCCCC1. The van der Waals surface area contributed by atoms with Crippen molar-refractivity contribution in [3.05, 3.63) is 18.5 Å². The Balaban J connectivity index is 1.43. The number of hydrogen-bond donors (Lipinski definition) is 1. The van der Waals surface area contributed by atoms with E-state index in [4.69, 9.17) is 5.73 Å². The molecule has 2 N–H and O–H groups in total. The highest BCUT2D eigenvalue weighted by atomic mass is 15.3. The third-order valence-corrected chi connectivity index (χ3v) is 4.98. The van der Waals surface area contributed by atoms with Crippen molar-refractivity contribution in [1.82, 2.24) is 14.9 Å². The highest BCUT2D eigenvalue weighted by Crippen LogP contribution is 2.28. The molecule has 2 aliphatic rings. The third-order valence-electron chi connectivity index (χ3n) is 4.98. The fraction of sp³-hybridized carbons (Fsp3) is 0.750. The molecule has 0 atom stereocenters. The molecule has 116 valence electrons. The second-order valence-electron chi connectivity index (χ2n) is 6.55. The molecule has 5 heteroatoms. The molecule has 2 fully saturated rings. The molecule has 1 aromatic heterocycles. The van der Waals surface area contributed by atoms with Crippen LogP contribution in [0.3, 0.4) is 0 Å². The monoisotopic (exact) mass is 289 g/mol. The van der Waals surface area contributed by atoms with E-state index in [0.717, 1.165) is 45.1 Å². The molecule has 0 amide bonds. The Morgan fingerprint density at radius 1 is 1.00 bits per heavy atom. The Hall–Kier alpha value is -1.20. The van der Waals surface area contributed by atoms with Crippen molar-refractivity contribution in [2.24, 2.45) is 5.73 Å². The summed E-state index contributed by atoms with van der Waals surface area (Å²) in [6.45, 7) is 5.35. The Morgan fingerprint density at radius 3 is 2.33 bits per heavy atom. The van der Waals surface area contributed by atoms with Crippen LogP contribution in [0.25, 0.3) is 0 Å². The molecular formula is C16H27N5. The molecule has 0 aromatic carbocycles. The summed E-state index contributed by atoms with van der Waals surface area (Å²) < 4.78 is 0. The van der Waals surface area contributed by atoms with Crippen LogP contribution in [0, 0.1) is 0 Å². The normalized spacial score (nSPS) is 23.2. The smallest absolute Gasteiger partial charge is 0.225 e. The van der Waals surface area contributed by atoms with Gasteiger partial charge in [0.05, 0.1) is 0 Å². The van der Waals surface area contributed by atoms with Crippen molar-refractivity contribution in [2.45, 2.75) is 44.1 Å². The lowest BCUT2D eigenvalue weighted by Crippen LogP contribution is -2.50. The molecule has 2 heterocycles. The zero-order valence-electron chi connectivity index (χ0n) is 12.9.